The van der Waals surface area contributed by atoms with Crippen LogP contribution in [-0.4, -0.2) is 12.6 Å². The molecule has 0 aliphatic rings. The van der Waals surface area contributed by atoms with Crippen LogP contribution in [0.1, 0.15) is 22.8 Å². The Kier molecular flexibility index (Phi) is 4.10. The number of ether oxygens (including phenoxy) is 1. The van der Waals surface area contributed by atoms with E-state index in [0.717, 1.165) is 6.07 Å². The van der Waals surface area contributed by atoms with Crippen molar-refractivity contribution in [2.45, 2.75) is 6.92 Å². The molecule has 0 saturated carbocycles. The molecule has 1 rings (SSSR count). The maximum atomic E-state index is 13.0. The summed E-state index contributed by atoms with van der Waals surface area (Å²) in [6, 6.07) is 5.14. The normalized spacial score (nSPS) is 9.75. The van der Waals surface area contributed by atoms with Gasteiger partial charge in [-0.3, -0.25) is 0 Å². The molecule has 0 aromatic heterocycles. The second-order valence-corrected chi connectivity index (χ2v) is 2.84. The topological polar surface area (TPSA) is 26.3 Å². The number of hydrogen-bond acceptors (Lipinski definition) is 2. The maximum Gasteiger partial charge on any atom is 0.338 e. The summed E-state index contributed by atoms with van der Waals surface area (Å²) < 4.78 is 41.9. The van der Waals surface area contributed by atoms with Crippen LogP contribution < -0.4 is 0 Å². The molecular formula is C11H9F3O2. The van der Waals surface area contributed by atoms with E-state index in [0.29, 0.717) is 0 Å². The lowest BCUT2D eigenvalue weighted by Gasteiger charge is -2.06. The van der Waals surface area contributed by atoms with Gasteiger partial charge in [0.15, 0.2) is 5.83 Å². The highest BCUT2D eigenvalue weighted by Gasteiger charge is 2.18. The molecule has 0 fully saturated rings. The van der Waals surface area contributed by atoms with E-state index in [1.54, 1.807) is 6.92 Å². The molecule has 0 unspecified atom stereocenters. The summed E-state index contributed by atoms with van der Waals surface area (Å²) in [5.74, 6) is -2.53. The number of rotatable bonds is 3. The van der Waals surface area contributed by atoms with Gasteiger partial charge in [0.25, 0.3) is 0 Å². The zero-order valence-corrected chi connectivity index (χ0v) is 8.47. The van der Waals surface area contributed by atoms with Crippen molar-refractivity contribution in [2.24, 2.45) is 0 Å². The summed E-state index contributed by atoms with van der Waals surface area (Å²) >= 11 is 0. The fourth-order valence-electron chi connectivity index (χ4n) is 1.16. The van der Waals surface area contributed by atoms with Gasteiger partial charge in [-0.25, -0.2) is 9.18 Å². The summed E-state index contributed by atoms with van der Waals surface area (Å²) in [7, 11) is 0. The number of hydrogen-bond donors (Lipinski definition) is 0. The molecule has 0 atom stereocenters. The van der Waals surface area contributed by atoms with Crippen LogP contribution in [0.3, 0.4) is 0 Å². The third-order valence-corrected chi connectivity index (χ3v) is 1.82. The van der Waals surface area contributed by atoms with Crippen molar-refractivity contribution in [1.29, 1.82) is 0 Å². The van der Waals surface area contributed by atoms with Crippen molar-refractivity contribution in [2.75, 3.05) is 6.61 Å². The Morgan fingerprint density at radius 2 is 1.75 bits per heavy atom. The molecule has 0 bridgehead atoms. The zero-order chi connectivity index (χ0) is 12.1. The smallest absolute Gasteiger partial charge is 0.338 e. The zero-order valence-electron chi connectivity index (χ0n) is 8.47. The fourth-order valence-corrected chi connectivity index (χ4v) is 1.16. The fraction of sp³-hybridized carbons (Fsp3) is 0.182. The summed E-state index contributed by atoms with van der Waals surface area (Å²) in [6.45, 7) is 1.67. The first kappa shape index (κ1) is 12.3. The molecule has 0 N–H and O–H groups in total. The SMILES string of the molecule is CCOC(=O)c1ccccc1C(F)=C(F)F. The van der Waals surface area contributed by atoms with Crippen LogP contribution in [0.25, 0.3) is 5.83 Å². The van der Waals surface area contributed by atoms with E-state index in [2.05, 4.69) is 4.74 Å². The first-order valence-electron chi connectivity index (χ1n) is 4.55. The summed E-state index contributed by atoms with van der Waals surface area (Å²) in [4.78, 5) is 11.3. The highest BCUT2D eigenvalue weighted by Crippen LogP contribution is 2.25. The second-order valence-electron chi connectivity index (χ2n) is 2.84. The van der Waals surface area contributed by atoms with E-state index in [1.807, 2.05) is 0 Å². The molecule has 0 amide bonds. The van der Waals surface area contributed by atoms with Gasteiger partial charge in [-0.1, -0.05) is 18.2 Å². The Hall–Kier alpha value is -1.78. The van der Waals surface area contributed by atoms with Crippen LogP contribution in [-0.2, 0) is 4.74 Å². The number of halogens is 3. The lowest BCUT2D eigenvalue weighted by molar-refractivity contribution is 0.0526. The van der Waals surface area contributed by atoms with Crippen molar-refractivity contribution < 1.29 is 22.7 Å². The van der Waals surface area contributed by atoms with Crippen LogP contribution in [0.4, 0.5) is 13.2 Å². The van der Waals surface area contributed by atoms with Gasteiger partial charge < -0.3 is 4.74 Å². The molecule has 0 heterocycles. The van der Waals surface area contributed by atoms with Crippen LogP contribution in [0.2, 0.25) is 0 Å². The quantitative estimate of drug-likeness (QED) is 0.744. The van der Waals surface area contributed by atoms with Crippen molar-refractivity contribution in [3.8, 4) is 0 Å². The number of carbonyl (C=O) groups is 1. The minimum Gasteiger partial charge on any atom is -0.462 e. The van der Waals surface area contributed by atoms with Gasteiger partial charge in [-0.05, 0) is 13.0 Å². The first-order chi connectivity index (χ1) is 7.57. The molecule has 0 spiro atoms. The third kappa shape index (κ3) is 2.62. The molecule has 5 heteroatoms. The maximum absolute atomic E-state index is 13.0. The minimum atomic E-state index is -2.46. The largest absolute Gasteiger partial charge is 0.462 e. The number of esters is 1. The standard InChI is InChI=1S/C11H9F3O2/c1-2-16-11(15)8-6-4-3-5-7(8)9(12)10(13)14/h3-6H,2H2,1H3. The summed E-state index contributed by atoms with van der Waals surface area (Å²) in [6.07, 6.45) is -2.46. The average molecular weight is 230 g/mol. The van der Waals surface area contributed by atoms with E-state index in [-0.39, 0.29) is 12.2 Å². The average Bonchev–Trinajstić information content (AvgIpc) is 2.28. The van der Waals surface area contributed by atoms with E-state index < -0.39 is 23.4 Å². The monoisotopic (exact) mass is 230 g/mol. The first-order valence-corrected chi connectivity index (χ1v) is 4.55. The van der Waals surface area contributed by atoms with Crippen molar-refractivity contribution in [3.05, 3.63) is 41.5 Å². The van der Waals surface area contributed by atoms with Gasteiger partial charge in [-0.2, -0.15) is 8.78 Å². The lowest BCUT2D eigenvalue weighted by atomic mass is 10.1. The van der Waals surface area contributed by atoms with Gasteiger partial charge >= 0.3 is 12.0 Å². The van der Waals surface area contributed by atoms with Crippen molar-refractivity contribution >= 4 is 11.8 Å². The van der Waals surface area contributed by atoms with E-state index in [9.17, 15) is 18.0 Å². The van der Waals surface area contributed by atoms with E-state index in [4.69, 9.17) is 0 Å². The summed E-state index contributed by atoms with van der Waals surface area (Å²) in [5.41, 5.74) is -0.671. The Bertz CT molecular complexity index is 423. The molecule has 0 aliphatic carbocycles. The Labute approximate surface area is 90.3 Å². The van der Waals surface area contributed by atoms with Gasteiger partial charge in [-0.15, -0.1) is 0 Å². The molecule has 1 aromatic carbocycles. The van der Waals surface area contributed by atoms with Crippen LogP contribution in [0.5, 0.6) is 0 Å². The minimum absolute atomic E-state index is 0.0939. The molecule has 2 nitrogen and oxygen atoms in total. The lowest BCUT2D eigenvalue weighted by Crippen LogP contribution is -2.07. The number of benzene rings is 1. The predicted molar refractivity (Wildman–Crippen MR) is 52.6 cm³/mol. The molecular weight excluding hydrogens is 221 g/mol. The Morgan fingerprint density at radius 1 is 1.19 bits per heavy atom. The van der Waals surface area contributed by atoms with Gasteiger partial charge in [0.2, 0.25) is 0 Å². The van der Waals surface area contributed by atoms with Gasteiger partial charge in [0.1, 0.15) is 0 Å². The molecule has 1 aromatic rings. The van der Waals surface area contributed by atoms with E-state index in [1.165, 1.54) is 18.2 Å². The number of carbonyl (C=O) groups excluding carboxylic acids is 1. The highest BCUT2D eigenvalue weighted by atomic mass is 19.3. The van der Waals surface area contributed by atoms with E-state index >= 15 is 0 Å². The van der Waals surface area contributed by atoms with Crippen molar-refractivity contribution in [3.63, 3.8) is 0 Å². The molecule has 0 saturated heterocycles. The van der Waals surface area contributed by atoms with Crippen molar-refractivity contribution in [1.82, 2.24) is 0 Å². The Balaban J connectivity index is 3.21. The van der Waals surface area contributed by atoms with Crippen LogP contribution >= 0.6 is 0 Å². The van der Waals surface area contributed by atoms with Gasteiger partial charge in [0.05, 0.1) is 12.2 Å². The summed E-state index contributed by atoms with van der Waals surface area (Å²) in [5, 5.41) is 0. The van der Waals surface area contributed by atoms with Gasteiger partial charge in [0, 0.05) is 5.56 Å². The molecule has 16 heavy (non-hydrogen) atoms. The molecule has 0 radical (unpaired) electrons. The molecule has 0 aliphatic heterocycles. The predicted octanol–water partition coefficient (Wildman–Crippen LogP) is 3.40. The Morgan fingerprint density at radius 3 is 2.25 bits per heavy atom. The molecule has 86 valence electrons. The van der Waals surface area contributed by atoms with Crippen LogP contribution in [0.15, 0.2) is 30.3 Å². The third-order valence-electron chi connectivity index (χ3n) is 1.82. The highest BCUT2D eigenvalue weighted by molar-refractivity contribution is 5.94. The second kappa shape index (κ2) is 5.34. The van der Waals surface area contributed by atoms with Crippen LogP contribution in [0, 0.1) is 0 Å².